The monoisotopic (exact) mass is 279 g/mol. The lowest BCUT2D eigenvalue weighted by Gasteiger charge is -2.27. The molecule has 0 saturated heterocycles. The third-order valence-electron chi connectivity index (χ3n) is 2.62. The summed E-state index contributed by atoms with van der Waals surface area (Å²) in [5.74, 6) is -0.615. The summed E-state index contributed by atoms with van der Waals surface area (Å²) in [6, 6.07) is 6.94. The highest BCUT2D eigenvalue weighted by molar-refractivity contribution is 6.81. The molecule has 1 rings (SSSR count). The summed E-state index contributed by atoms with van der Waals surface area (Å²) in [4.78, 5) is 14.3. The molecule has 0 aliphatic heterocycles. The van der Waals surface area contributed by atoms with Crippen molar-refractivity contribution in [2.45, 2.75) is 20.4 Å². The van der Waals surface area contributed by atoms with Gasteiger partial charge >= 0.3 is 8.56 Å². The summed E-state index contributed by atoms with van der Waals surface area (Å²) < 4.78 is 11.5. The smallest absolute Gasteiger partial charge is 0.370 e. The van der Waals surface area contributed by atoms with Crippen molar-refractivity contribution in [3.8, 4) is 0 Å². The van der Waals surface area contributed by atoms with E-state index in [2.05, 4.69) is 10.0 Å². The number of carbonyl (C=O) groups excluding carboxylic acids is 1. The lowest BCUT2D eigenvalue weighted by Crippen LogP contribution is -2.53. The summed E-state index contributed by atoms with van der Waals surface area (Å²) in [5.41, 5.74) is 8.73. The average molecular weight is 279 g/mol. The van der Waals surface area contributed by atoms with Gasteiger partial charge in [0.1, 0.15) is 0 Å². The average Bonchev–Trinajstić information content (AvgIpc) is 2.39. The van der Waals surface area contributed by atoms with E-state index in [4.69, 9.17) is 14.4 Å². The van der Waals surface area contributed by atoms with E-state index in [9.17, 15) is 4.79 Å². The van der Waals surface area contributed by atoms with Gasteiger partial charge in [-0.15, -0.1) is 0 Å². The fourth-order valence-corrected chi connectivity index (χ4v) is 4.48. The molecule has 0 saturated carbocycles. The van der Waals surface area contributed by atoms with Gasteiger partial charge in [0.05, 0.1) is 0 Å². The van der Waals surface area contributed by atoms with Crippen molar-refractivity contribution < 1.29 is 13.6 Å². The van der Waals surface area contributed by atoms with Gasteiger partial charge in [-0.3, -0.25) is 4.79 Å². The van der Waals surface area contributed by atoms with E-state index < -0.39 is 14.5 Å². The molecule has 0 aromatic heterocycles. The van der Waals surface area contributed by atoms with Crippen LogP contribution in [0.15, 0.2) is 29.4 Å². The lowest BCUT2D eigenvalue weighted by molar-refractivity contribution is 0.1000. The highest BCUT2D eigenvalue weighted by atomic mass is 28.4. The second kappa shape index (κ2) is 7.06. The van der Waals surface area contributed by atoms with Gasteiger partial charge in [-0.05, 0) is 31.0 Å². The number of benzene rings is 1. The largest absolute Gasteiger partial charge is 0.391 e. The second-order valence-electron chi connectivity index (χ2n) is 3.85. The maximum absolute atomic E-state index is 11.8. The van der Waals surface area contributed by atoms with Crippen LogP contribution < -0.4 is 5.19 Å². The molecule has 0 bridgehead atoms. The standard InChI is InChI=1S/C12H17N3O3Si/c1-4-17-19(3,18-5-2)11-9-7-6-8-10(11)12(16)14-15-13/h6-9H,4-5H2,1-3H3. The minimum absolute atomic E-state index is 0.344. The quantitative estimate of drug-likeness (QED) is 0.347. The van der Waals surface area contributed by atoms with Gasteiger partial charge in [-0.2, -0.15) is 0 Å². The molecule has 102 valence electrons. The van der Waals surface area contributed by atoms with Gasteiger partial charge in [0.25, 0.3) is 0 Å². The minimum atomic E-state index is -2.67. The van der Waals surface area contributed by atoms with Crippen molar-refractivity contribution in [2.24, 2.45) is 5.11 Å². The fourth-order valence-electron chi connectivity index (χ4n) is 1.91. The van der Waals surface area contributed by atoms with E-state index >= 15 is 0 Å². The Balaban J connectivity index is 3.30. The summed E-state index contributed by atoms with van der Waals surface area (Å²) in [5, 5.41) is 3.83. The molecule has 0 aliphatic carbocycles. The van der Waals surface area contributed by atoms with E-state index in [1.54, 1.807) is 18.2 Å². The van der Waals surface area contributed by atoms with Crippen LogP contribution in [-0.4, -0.2) is 27.7 Å². The minimum Gasteiger partial charge on any atom is -0.391 e. The number of azide groups is 1. The Hall–Kier alpha value is -1.66. The van der Waals surface area contributed by atoms with Crippen molar-refractivity contribution in [3.63, 3.8) is 0 Å². The highest BCUT2D eigenvalue weighted by Crippen LogP contribution is 2.12. The number of amides is 1. The number of hydrogen-bond donors (Lipinski definition) is 0. The molecular weight excluding hydrogens is 262 g/mol. The summed E-state index contributed by atoms with van der Waals surface area (Å²) in [7, 11) is -2.67. The van der Waals surface area contributed by atoms with E-state index in [1.165, 1.54) is 0 Å². The van der Waals surface area contributed by atoms with E-state index in [0.717, 1.165) is 0 Å². The third kappa shape index (κ3) is 3.65. The van der Waals surface area contributed by atoms with Gasteiger partial charge in [0.15, 0.2) is 0 Å². The molecule has 1 aromatic rings. The molecule has 0 radical (unpaired) electrons. The predicted molar refractivity (Wildman–Crippen MR) is 74.4 cm³/mol. The van der Waals surface area contributed by atoms with Crippen molar-refractivity contribution in [1.82, 2.24) is 0 Å². The molecule has 7 heteroatoms. The maximum atomic E-state index is 11.8. The van der Waals surface area contributed by atoms with Crippen LogP contribution in [0.1, 0.15) is 24.2 Å². The van der Waals surface area contributed by atoms with Crippen molar-refractivity contribution in [3.05, 3.63) is 40.3 Å². The first-order valence-electron chi connectivity index (χ1n) is 6.05. The maximum Gasteiger partial charge on any atom is 0.370 e. The van der Waals surface area contributed by atoms with Crippen LogP contribution in [0.2, 0.25) is 6.55 Å². The zero-order valence-corrected chi connectivity index (χ0v) is 12.3. The van der Waals surface area contributed by atoms with Gasteiger partial charge in [-0.1, -0.05) is 24.3 Å². The molecule has 0 aliphatic rings. The third-order valence-corrected chi connectivity index (χ3v) is 5.72. The summed E-state index contributed by atoms with van der Waals surface area (Å²) >= 11 is 0. The molecule has 0 heterocycles. The van der Waals surface area contributed by atoms with Crippen LogP contribution in [0.4, 0.5) is 0 Å². The molecule has 0 spiro atoms. The van der Waals surface area contributed by atoms with E-state index in [-0.39, 0.29) is 0 Å². The Morgan fingerprint density at radius 3 is 2.42 bits per heavy atom. The highest BCUT2D eigenvalue weighted by Gasteiger charge is 2.36. The molecule has 6 nitrogen and oxygen atoms in total. The first-order valence-corrected chi connectivity index (χ1v) is 8.37. The number of carbonyl (C=O) groups is 1. The van der Waals surface area contributed by atoms with Crippen LogP contribution in [0, 0.1) is 0 Å². The van der Waals surface area contributed by atoms with Crippen LogP contribution in [0.3, 0.4) is 0 Å². The number of nitrogens with zero attached hydrogens (tertiary/aromatic N) is 3. The molecule has 19 heavy (non-hydrogen) atoms. The normalized spacial score (nSPS) is 10.9. The molecule has 0 fully saturated rings. The fraction of sp³-hybridized carbons (Fsp3) is 0.417. The Kier molecular flexibility index (Phi) is 5.72. The number of rotatable bonds is 6. The van der Waals surface area contributed by atoms with Gasteiger partial charge in [-0.25, -0.2) is 0 Å². The predicted octanol–water partition coefficient (Wildman–Crippen LogP) is 2.49. The van der Waals surface area contributed by atoms with Crippen LogP contribution in [0.25, 0.3) is 10.4 Å². The van der Waals surface area contributed by atoms with Crippen molar-refractivity contribution >= 4 is 19.7 Å². The molecule has 0 atom stereocenters. The second-order valence-corrected chi connectivity index (χ2v) is 6.86. The zero-order valence-electron chi connectivity index (χ0n) is 11.3. The SMILES string of the molecule is CCO[Si](C)(OCC)c1ccccc1C(=O)N=[N+]=[N-]. The van der Waals surface area contributed by atoms with Gasteiger partial charge < -0.3 is 8.85 Å². The lowest BCUT2D eigenvalue weighted by atomic mass is 10.2. The Morgan fingerprint density at radius 1 is 1.32 bits per heavy atom. The Morgan fingerprint density at radius 2 is 1.89 bits per heavy atom. The molecular formula is C12H17N3O3Si. The van der Waals surface area contributed by atoms with Crippen LogP contribution in [0.5, 0.6) is 0 Å². The first kappa shape index (κ1) is 15.4. The van der Waals surface area contributed by atoms with Crippen molar-refractivity contribution in [1.29, 1.82) is 0 Å². The van der Waals surface area contributed by atoms with Crippen LogP contribution >= 0.6 is 0 Å². The van der Waals surface area contributed by atoms with Crippen molar-refractivity contribution in [2.75, 3.05) is 13.2 Å². The molecule has 1 aromatic carbocycles. The van der Waals surface area contributed by atoms with Gasteiger partial charge in [0.2, 0.25) is 5.91 Å². The van der Waals surface area contributed by atoms with E-state index in [1.807, 2.05) is 26.5 Å². The van der Waals surface area contributed by atoms with Crippen LogP contribution in [-0.2, 0) is 8.85 Å². The zero-order chi connectivity index (χ0) is 14.3. The number of hydrogen-bond acceptors (Lipinski definition) is 3. The Labute approximate surface area is 113 Å². The summed E-state index contributed by atoms with van der Waals surface area (Å²) in [6.07, 6.45) is 0. The molecule has 0 N–H and O–H groups in total. The molecule has 0 unspecified atom stereocenters. The first-order chi connectivity index (χ1) is 9.09. The van der Waals surface area contributed by atoms with E-state index in [0.29, 0.717) is 24.0 Å². The Bertz CT molecular complexity index is 495. The topological polar surface area (TPSA) is 84.3 Å². The van der Waals surface area contributed by atoms with Gasteiger partial charge in [0, 0.05) is 28.9 Å². The summed E-state index contributed by atoms with van der Waals surface area (Å²) in [6.45, 7) is 6.62. The molecule has 1 amide bonds.